The summed E-state index contributed by atoms with van der Waals surface area (Å²) in [6, 6.07) is 30.0. The quantitative estimate of drug-likeness (QED) is 0.486. The minimum atomic E-state index is -0.605. The molecule has 6 atom stereocenters. The molecule has 3 aromatic rings. The van der Waals surface area contributed by atoms with Crippen molar-refractivity contribution < 1.29 is 28.4 Å². The van der Waals surface area contributed by atoms with E-state index in [4.69, 9.17) is 28.4 Å². The second kappa shape index (κ2) is 11.2. The van der Waals surface area contributed by atoms with Crippen LogP contribution in [0.4, 0.5) is 0 Å². The Bertz CT molecular complexity index is 993. The standard InChI is InChI=1S/C28H30O6/c1-29-28-26(31-18-21-13-7-3-8-14-21)25(30-17-20-11-5-2-6-12-20)24-23(33-28)19-32-27(34-24)22-15-9-4-10-16-22/h2-16,23-28H,17-19H2,1H3/t23-,24-,25+,26-,27?,28-/m1/s1. The van der Waals surface area contributed by atoms with E-state index in [9.17, 15) is 0 Å². The Morgan fingerprint density at radius 3 is 1.85 bits per heavy atom. The van der Waals surface area contributed by atoms with Gasteiger partial charge in [0.2, 0.25) is 0 Å². The number of benzene rings is 3. The lowest BCUT2D eigenvalue weighted by molar-refractivity contribution is -0.369. The van der Waals surface area contributed by atoms with Crippen molar-refractivity contribution in [3.63, 3.8) is 0 Å². The molecule has 6 heteroatoms. The molecular weight excluding hydrogens is 432 g/mol. The van der Waals surface area contributed by atoms with Gasteiger partial charge in [0.15, 0.2) is 12.6 Å². The normalized spacial score (nSPS) is 28.9. The third-order valence-corrected chi connectivity index (χ3v) is 6.16. The fourth-order valence-corrected chi connectivity index (χ4v) is 4.42. The molecule has 0 aromatic heterocycles. The van der Waals surface area contributed by atoms with Crippen LogP contribution in [0.3, 0.4) is 0 Å². The van der Waals surface area contributed by atoms with Crippen molar-refractivity contribution in [2.75, 3.05) is 13.7 Å². The Morgan fingerprint density at radius 2 is 1.26 bits per heavy atom. The second-order valence-electron chi connectivity index (χ2n) is 8.48. The van der Waals surface area contributed by atoms with Crippen LogP contribution in [0.2, 0.25) is 0 Å². The van der Waals surface area contributed by atoms with Crippen LogP contribution in [0.5, 0.6) is 0 Å². The predicted molar refractivity (Wildman–Crippen MR) is 126 cm³/mol. The van der Waals surface area contributed by atoms with Crippen LogP contribution in [0, 0.1) is 0 Å². The van der Waals surface area contributed by atoms with Crippen LogP contribution in [-0.2, 0) is 41.6 Å². The summed E-state index contributed by atoms with van der Waals surface area (Å²) in [6.45, 7) is 1.22. The monoisotopic (exact) mass is 462 g/mol. The van der Waals surface area contributed by atoms with E-state index in [0.29, 0.717) is 19.8 Å². The van der Waals surface area contributed by atoms with Gasteiger partial charge in [-0.05, 0) is 11.1 Å². The molecule has 2 heterocycles. The van der Waals surface area contributed by atoms with Crippen molar-refractivity contribution in [1.82, 2.24) is 0 Å². The SMILES string of the molecule is CO[C@@H]1O[C@@H]2COC(c3ccccc3)O[C@H]2[C@H](OCc2ccccc2)[C@H]1OCc1ccccc1. The largest absolute Gasteiger partial charge is 0.368 e. The zero-order valence-electron chi connectivity index (χ0n) is 19.2. The Morgan fingerprint density at radius 1 is 0.706 bits per heavy atom. The van der Waals surface area contributed by atoms with Crippen LogP contribution >= 0.6 is 0 Å². The fourth-order valence-electron chi connectivity index (χ4n) is 4.42. The van der Waals surface area contributed by atoms with Crippen LogP contribution in [0.15, 0.2) is 91.0 Å². The van der Waals surface area contributed by atoms with E-state index in [1.807, 2.05) is 91.0 Å². The average molecular weight is 463 g/mol. The summed E-state index contributed by atoms with van der Waals surface area (Å²) in [5.74, 6) is 0. The number of fused-ring (bicyclic) bond motifs is 1. The lowest BCUT2D eigenvalue weighted by Gasteiger charge is -2.48. The molecule has 6 nitrogen and oxygen atoms in total. The summed E-state index contributed by atoms with van der Waals surface area (Å²) < 4.78 is 37.2. The summed E-state index contributed by atoms with van der Waals surface area (Å²) >= 11 is 0. The second-order valence-corrected chi connectivity index (χ2v) is 8.48. The van der Waals surface area contributed by atoms with Gasteiger partial charge < -0.3 is 28.4 Å². The van der Waals surface area contributed by atoms with Gasteiger partial charge in [-0.15, -0.1) is 0 Å². The van der Waals surface area contributed by atoms with Crippen molar-refractivity contribution in [2.45, 2.75) is 50.2 Å². The molecule has 0 spiro atoms. The van der Waals surface area contributed by atoms with Crippen molar-refractivity contribution >= 4 is 0 Å². The molecule has 0 amide bonds. The molecule has 5 rings (SSSR count). The molecular formula is C28H30O6. The average Bonchev–Trinajstić information content (AvgIpc) is 2.91. The van der Waals surface area contributed by atoms with Gasteiger partial charge in [-0.25, -0.2) is 0 Å². The minimum absolute atomic E-state index is 0.331. The molecule has 0 saturated carbocycles. The Balaban J connectivity index is 1.39. The van der Waals surface area contributed by atoms with Crippen molar-refractivity contribution in [1.29, 1.82) is 0 Å². The lowest BCUT2D eigenvalue weighted by Crippen LogP contribution is -2.63. The highest BCUT2D eigenvalue weighted by atomic mass is 16.8. The molecule has 0 radical (unpaired) electrons. The van der Waals surface area contributed by atoms with Crippen molar-refractivity contribution in [3.05, 3.63) is 108 Å². The molecule has 2 saturated heterocycles. The molecule has 0 aliphatic carbocycles. The first-order valence-electron chi connectivity index (χ1n) is 11.6. The Kier molecular flexibility index (Phi) is 7.65. The highest BCUT2D eigenvalue weighted by molar-refractivity contribution is 5.17. The van der Waals surface area contributed by atoms with Gasteiger partial charge in [0.1, 0.15) is 24.4 Å². The summed E-state index contributed by atoms with van der Waals surface area (Å²) in [7, 11) is 1.62. The summed E-state index contributed by atoms with van der Waals surface area (Å²) in [4.78, 5) is 0. The molecule has 1 unspecified atom stereocenters. The minimum Gasteiger partial charge on any atom is -0.368 e. The molecule has 2 fully saturated rings. The van der Waals surface area contributed by atoms with Gasteiger partial charge in [-0.3, -0.25) is 0 Å². The van der Waals surface area contributed by atoms with Gasteiger partial charge >= 0.3 is 0 Å². The van der Waals surface area contributed by atoms with E-state index in [1.54, 1.807) is 7.11 Å². The van der Waals surface area contributed by atoms with E-state index in [1.165, 1.54) is 0 Å². The van der Waals surface area contributed by atoms with Crippen molar-refractivity contribution in [2.24, 2.45) is 0 Å². The molecule has 178 valence electrons. The van der Waals surface area contributed by atoms with Gasteiger partial charge in [-0.2, -0.15) is 0 Å². The van der Waals surface area contributed by atoms with Gasteiger partial charge in [0.25, 0.3) is 0 Å². The highest BCUT2D eigenvalue weighted by Gasteiger charge is 2.51. The number of hydrogen-bond donors (Lipinski definition) is 0. The summed E-state index contributed by atoms with van der Waals surface area (Å²) in [6.07, 6.45) is -2.71. The maximum Gasteiger partial charge on any atom is 0.186 e. The summed E-state index contributed by atoms with van der Waals surface area (Å²) in [5, 5.41) is 0. The number of ether oxygens (including phenoxy) is 6. The van der Waals surface area contributed by atoms with E-state index in [-0.39, 0.29) is 12.2 Å². The molecule has 2 aliphatic rings. The molecule has 3 aromatic carbocycles. The fraction of sp³-hybridized carbons (Fsp3) is 0.357. The third kappa shape index (κ3) is 5.39. The number of rotatable bonds is 8. The molecule has 0 bridgehead atoms. The van der Waals surface area contributed by atoms with E-state index in [0.717, 1.165) is 16.7 Å². The first kappa shape index (κ1) is 23.2. The van der Waals surface area contributed by atoms with Gasteiger partial charge in [0.05, 0.1) is 19.8 Å². The number of methoxy groups -OCH3 is 1. The van der Waals surface area contributed by atoms with E-state index < -0.39 is 24.8 Å². The Hall–Kier alpha value is -2.58. The Labute approximate surface area is 200 Å². The van der Waals surface area contributed by atoms with Crippen LogP contribution in [0.25, 0.3) is 0 Å². The zero-order valence-corrected chi connectivity index (χ0v) is 19.2. The highest BCUT2D eigenvalue weighted by Crippen LogP contribution is 2.37. The van der Waals surface area contributed by atoms with Gasteiger partial charge in [-0.1, -0.05) is 91.0 Å². The lowest BCUT2D eigenvalue weighted by atomic mass is 9.97. The third-order valence-electron chi connectivity index (χ3n) is 6.16. The molecule has 2 aliphatic heterocycles. The maximum absolute atomic E-state index is 6.49. The van der Waals surface area contributed by atoms with E-state index in [2.05, 4.69) is 0 Å². The van der Waals surface area contributed by atoms with Crippen molar-refractivity contribution in [3.8, 4) is 0 Å². The maximum atomic E-state index is 6.49. The van der Waals surface area contributed by atoms with Crippen LogP contribution in [-0.4, -0.2) is 44.4 Å². The topological polar surface area (TPSA) is 55.4 Å². The smallest absolute Gasteiger partial charge is 0.186 e. The predicted octanol–water partition coefficient (Wildman–Crippen LogP) is 4.64. The van der Waals surface area contributed by atoms with E-state index >= 15 is 0 Å². The first-order valence-corrected chi connectivity index (χ1v) is 11.6. The number of hydrogen-bond acceptors (Lipinski definition) is 6. The van der Waals surface area contributed by atoms with Crippen LogP contribution in [0.1, 0.15) is 23.0 Å². The summed E-state index contributed by atoms with van der Waals surface area (Å²) in [5.41, 5.74) is 3.10. The van der Waals surface area contributed by atoms with Crippen LogP contribution < -0.4 is 0 Å². The first-order chi connectivity index (χ1) is 16.8. The molecule has 34 heavy (non-hydrogen) atoms. The zero-order chi connectivity index (χ0) is 23.2. The molecule has 0 N–H and O–H groups in total. The van der Waals surface area contributed by atoms with Gasteiger partial charge in [0, 0.05) is 12.7 Å².